The molecule has 20 heavy (non-hydrogen) atoms. The third kappa shape index (κ3) is 3.42. The van der Waals surface area contributed by atoms with Crippen LogP contribution in [-0.2, 0) is 0 Å². The van der Waals surface area contributed by atoms with Crippen molar-refractivity contribution in [2.75, 3.05) is 25.6 Å². The number of aliphatic hydroxyl groups is 1. The van der Waals surface area contributed by atoms with E-state index in [4.69, 9.17) is 9.84 Å². The van der Waals surface area contributed by atoms with Crippen LogP contribution in [0.2, 0.25) is 0 Å². The number of carbonyl (C=O) groups excluding carboxylic acids is 1. The summed E-state index contributed by atoms with van der Waals surface area (Å²) in [6.45, 7) is 0.856. The molecule has 1 unspecified atom stereocenters. The molecular weight excluding hydrogens is 256 g/mol. The second kappa shape index (κ2) is 7.14. The monoisotopic (exact) mass is 278 g/mol. The highest BCUT2D eigenvalue weighted by Gasteiger charge is 2.26. The van der Waals surface area contributed by atoms with E-state index in [1.54, 1.807) is 7.11 Å². The van der Waals surface area contributed by atoms with Crippen molar-refractivity contribution in [1.82, 2.24) is 4.90 Å². The lowest BCUT2D eigenvalue weighted by atomic mass is 10.0. The number of hydrogen-bond acceptors (Lipinski definition) is 3. The number of nitrogens with zero attached hydrogens (tertiary/aromatic N) is 1. The average Bonchev–Trinajstić information content (AvgIpc) is 2.48. The Bertz CT molecular complexity index is 448. The van der Waals surface area contributed by atoms with Crippen molar-refractivity contribution in [3.8, 4) is 5.75 Å². The summed E-state index contributed by atoms with van der Waals surface area (Å²) in [7, 11) is 1.58. The number of hydrogen-bond donors (Lipinski definition) is 2. The zero-order valence-electron chi connectivity index (χ0n) is 11.8. The lowest BCUT2D eigenvalue weighted by Crippen LogP contribution is -2.46. The molecule has 1 heterocycles. The summed E-state index contributed by atoms with van der Waals surface area (Å²) in [6.07, 6.45) is 3.73. The summed E-state index contributed by atoms with van der Waals surface area (Å²) < 4.78 is 5.23. The fraction of sp³-hybridized carbons (Fsp3) is 0.533. The normalized spacial score (nSPS) is 18.7. The Kier molecular flexibility index (Phi) is 5.24. The van der Waals surface area contributed by atoms with Crippen LogP contribution in [0.25, 0.3) is 0 Å². The maximum atomic E-state index is 12.4. The van der Waals surface area contributed by atoms with Gasteiger partial charge in [-0.1, -0.05) is 12.1 Å². The van der Waals surface area contributed by atoms with E-state index in [0.29, 0.717) is 17.9 Å². The van der Waals surface area contributed by atoms with Gasteiger partial charge in [-0.2, -0.15) is 0 Å². The van der Waals surface area contributed by atoms with Gasteiger partial charge in [0.05, 0.1) is 12.8 Å². The molecule has 1 fully saturated rings. The molecule has 1 aliphatic heterocycles. The van der Waals surface area contributed by atoms with E-state index in [2.05, 4.69) is 5.32 Å². The number of amides is 2. The van der Waals surface area contributed by atoms with Gasteiger partial charge in [0, 0.05) is 19.2 Å². The van der Waals surface area contributed by atoms with E-state index in [9.17, 15) is 4.79 Å². The fourth-order valence-electron chi connectivity index (χ4n) is 2.65. The Balaban J connectivity index is 2.06. The number of ether oxygens (including phenoxy) is 1. The van der Waals surface area contributed by atoms with Gasteiger partial charge >= 0.3 is 6.03 Å². The average molecular weight is 278 g/mol. The molecule has 1 atom stereocenters. The van der Waals surface area contributed by atoms with Gasteiger partial charge in [0.1, 0.15) is 5.75 Å². The van der Waals surface area contributed by atoms with Gasteiger partial charge in [-0.3, -0.25) is 0 Å². The number of benzene rings is 1. The van der Waals surface area contributed by atoms with Crippen LogP contribution in [0.5, 0.6) is 5.75 Å². The van der Waals surface area contributed by atoms with Crippen LogP contribution in [0, 0.1) is 0 Å². The number of para-hydroxylation sites is 2. The number of piperidine rings is 1. The second-order valence-electron chi connectivity index (χ2n) is 4.99. The minimum Gasteiger partial charge on any atom is -0.495 e. The first-order valence-electron chi connectivity index (χ1n) is 7.07. The van der Waals surface area contributed by atoms with Crippen LogP contribution < -0.4 is 10.1 Å². The largest absolute Gasteiger partial charge is 0.495 e. The van der Waals surface area contributed by atoms with Gasteiger partial charge in [0.25, 0.3) is 0 Å². The molecule has 1 saturated heterocycles. The second-order valence-corrected chi connectivity index (χ2v) is 4.99. The molecule has 0 spiro atoms. The number of nitrogens with one attached hydrogen (secondary N) is 1. The van der Waals surface area contributed by atoms with Crippen LogP contribution in [0.15, 0.2) is 24.3 Å². The highest BCUT2D eigenvalue weighted by molar-refractivity contribution is 5.91. The quantitative estimate of drug-likeness (QED) is 0.889. The number of urea groups is 1. The Morgan fingerprint density at radius 1 is 1.45 bits per heavy atom. The number of carbonyl (C=O) groups is 1. The summed E-state index contributed by atoms with van der Waals surface area (Å²) in [5.41, 5.74) is 0.674. The van der Waals surface area contributed by atoms with Crippen LogP contribution in [-0.4, -0.2) is 42.3 Å². The van der Waals surface area contributed by atoms with E-state index in [-0.39, 0.29) is 18.7 Å². The van der Waals surface area contributed by atoms with Crippen molar-refractivity contribution in [1.29, 1.82) is 0 Å². The van der Waals surface area contributed by atoms with E-state index >= 15 is 0 Å². The van der Waals surface area contributed by atoms with E-state index in [0.717, 1.165) is 25.8 Å². The van der Waals surface area contributed by atoms with E-state index in [1.165, 1.54) is 0 Å². The molecule has 0 aromatic heterocycles. The van der Waals surface area contributed by atoms with Crippen LogP contribution in [0.3, 0.4) is 0 Å². The van der Waals surface area contributed by atoms with Gasteiger partial charge in [-0.15, -0.1) is 0 Å². The Labute approximate surface area is 119 Å². The van der Waals surface area contributed by atoms with Crippen molar-refractivity contribution in [3.63, 3.8) is 0 Å². The molecule has 0 radical (unpaired) electrons. The molecule has 1 aromatic rings. The molecular formula is C15H22N2O3. The van der Waals surface area contributed by atoms with E-state index < -0.39 is 0 Å². The molecule has 2 N–H and O–H groups in total. The minimum absolute atomic E-state index is 0.114. The third-order valence-electron chi connectivity index (χ3n) is 3.70. The van der Waals surface area contributed by atoms with Gasteiger partial charge in [-0.25, -0.2) is 4.79 Å². The summed E-state index contributed by atoms with van der Waals surface area (Å²) in [6, 6.07) is 7.37. The standard InChI is InChI=1S/C15H22N2O3/c1-20-14-8-3-2-7-13(14)16-15(19)17-10-5-4-6-12(17)9-11-18/h2-3,7-8,12,18H,4-6,9-11H2,1H3,(H,16,19). The highest BCUT2D eigenvalue weighted by Crippen LogP contribution is 2.25. The SMILES string of the molecule is COc1ccccc1NC(=O)N1CCCCC1CCO. The third-order valence-corrected chi connectivity index (χ3v) is 3.70. The van der Waals surface area contributed by atoms with Gasteiger partial charge in [-0.05, 0) is 37.8 Å². The summed E-state index contributed by atoms with van der Waals surface area (Å²) in [5.74, 6) is 0.650. The number of rotatable bonds is 4. The smallest absolute Gasteiger partial charge is 0.322 e. The van der Waals surface area contributed by atoms with Gasteiger partial charge in [0.2, 0.25) is 0 Å². The molecule has 0 bridgehead atoms. The summed E-state index contributed by atoms with van der Waals surface area (Å²) in [4.78, 5) is 14.2. The lowest BCUT2D eigenvalue weighted by Gasteiger charge is -2.35. The van der Waals surface area contributed by atoms with Crippen LogP contribution in [0.4, 0.5) is 10.5 Å². The van der Waals surface area contributed by atoms with Crippen molar-refractivity contribution in [3.05, 3.63) is 24.3 Å². The van der Waals surface area contributed by atoms with E-state index in [1.807, 2.05) is 29.2 Å². The molecule has 2 amide bonds. The lowest BCUT2D eigenvalue weighted by molar-refractivity contribution is 0.141. The summed E-state index contributed by atoms with van der Waals surface area (Å²) in [5, 5.41) is 12.0. The predicted molar refractivity (Wildman–Crippen MR) is 78.1 cm³/mol. The molecule has 0 saturated carbocycles. The van der Waals surface area contributed by atoms with Gasteiger partial charge < -0.3 is 20.1 Å². The maximum Gasteiger partial charge on any atom is 0.322 e. The number of methoxy groups -OCH3 is 1. The molecule has 1 aromatic carbocycles. The zero-order valence-corrected chi connectivity index (χ0v) is 11.8. The predicted octanol–water partition coefficient (Wildman–Crippen LogP) is 2.46. The first-order valence-corrected chi connectivity index (χ1v) is 7.07. The van der Waals surface area contributed by atoms with Crippen molar-refractivity contribution in [2.45, 2.75) is 31.7 Å². The number of likely N-dealkylation sites (tertiary alicyclic amines) is 1. The first kappa shape index (κ1) is 14.7. The number of aliphatic hydroxyl groups excluding tert-OH is 1. The summed E-state index contributed by atoms with van der Waals surface area (Å²) >= 11 is 0. The minimum atomic E-state index is -0.118. The maximum absolute atomic E-state index is 12.4. The zero-order chi connectivity index (χ0) is 14.4. The first-order chi connectivity index (χ1) is 9.76. The molecule has 2 rings (SSSR count). The van der Waals surface area contributed by atoms with Crippen molar-refractivity contribution in [2.24, 2.45) is 0 Å². The van der Waals surface area contributed by atoms with Gasteiger partial charge in [0.15, 0.2) is 0 Å². The van der Waals surface area contributed by atoms with Crippen LogP contribution >= 0.6 is 0 Å². The van der Waals surface area contributed by atoms with Crippen molar-refractivity contribution >= 4 is 11.7 Å². The molecule has 110 valence electrons. The number of anilines is 1. The van der Waals surface area contributed by atoms with Crippen molar-refractivity contribution < 1.29 is 14.6 Å². The topological polar surface area (TPSA) is 61.8 Å². The molecule has 5 heteroatoms. The fourth-order valence-corrected chi connectivity index (χ4v) is 2.65. The Morgan fingerprint density at radius 2 is 2.25 bits per heavy atom. The molecule has 0 aliphatic carbocycles. The molecule has 5 nitrogen and oxygen atoms in total. The highest BCUT2D eigenvalue weighted by atomic mass is 16.5. The Morgan fingerprint density at radius 3 is 3.00 bits per heavy atom. The van der Waals surface area contributed by atoms with Crippen LogP contribution in [0.1, 0.15) is 25.7 Å². The molecule has 1 aliphatic rings. The Hall–Kier alpha value is -1.75.